The van der Waals surface area contributed by atoms with Gasteiger partial charge in [0.15, 0.2) is 0 Å². The SMILES string of the molecule is C/C=C/c1cccc(-c2cccc(-n3c4c(c5cc(-c6ccc7c(c6)c6ccccc6n7-c6cccc(-c7cccc(/C=C/C)c7)c6)ccc53)C=CC(C)C4)c2)c1. The van der Waals surface area contributed by atoms with Crippen molar-refractivity contribution in [3.8, 4) is 44.8 Å². The normalized spacial score (nSPS) is 14.1. The predicted octanol–water partition coefficient (Wildman–Crippen LogP) is 15.0. The second-order valence-electron chi connectivity index (χ2n) is 15.4. The molecule has 0 saturated carbocycles. The minimum atomic E-state index is 0.476. The minimum Gasteiger partial charge on any atom is -0.313 e. The zero-order valence-electron chi connectivity index (χ0n) is 32.7. The molecule has 2 nitrogen and oxygen atoms in total. The molecule has 0 N–H and O–H groups in total. The molecule has 2 aromatic heterocycles. The van der Waals surface area contributed by atoms with Crippen molar-refractivity contribution in [1.82, 2.24) is 9.13 Å². The number of hydrogen-bond donors (Lipinski definition) is 0. The third kappa shape index (κ3) is 6.15. The maximum atomic E-state index is 2.51. The fourth-order valence-electron chi connectivity index (χ4n) is 8.97. The van der Waals surface area contributed by atoms with Crippen LogP contribution in [0, 0.1) is 5.92 Å². The van der Waals surface area contributed by atoms with E-state index in [-0.39, 0.29) is 0 Å². The first-order valence-corrected chi connectivity index (χ1v) is 20.1. The molecule has 0 radical (unpaired) electrons. The van der Waals surface area contributed by atoms with Gasteiger partial charge in [-0.15, -0.1) is 0 Å². The topological polar surface area (TPSA) is 9.86 Å². The van der Waals surface area contributed by atoms with E-state index in [1.54, 1.807) is 0 Å². The highest BCUT2D eigenvalue weighted by atomic mass is 15.0. The number of allylic oxidation sites excluding steroid dienone is 3. The molecule has 1 unspecified atom stereocenters. The third-order valence-electron chi connectivity index (χ3n) is 11.6. The molecule has 2 heteroatoms. The summed E-state index contributed by atoms with van der Waals surface area (Å²) in [5, 5.41) is 3.81. The van der Waals surface area contributed by atoms with E-state index in [9.17, 15) is 0 Å². The molecule has 0 spiro atoms. The molecule has 274 valence electrons. The summed E-state index contributed by atoms with van der Waals surface area (Å²) in [7, 11) is 0. The molecule has 57 heavy (non-hydrogen) atoms. The van der Waals surface area contributed by atoms with Gasteiger partial charge in [-0.2, -0.15) is 0 Å². The lowest BCUT2D eigenvalue weighted by Crippen LogP contribution is -2.08. The van der Waals surface area contributed by atoms with Crippen LogP contribution in [0.25, 0.3) is 95.7 Å². The summed E-state index contributed by atoms with van der Waals surface area (Å²) in [5.74, 6) is 0.476. The third-order valence-corrected chi connectivity index (χ3v) is 11.6. The van der Waals surface area contributed by atoms with E-state index < -0.39 is 0 Å². The first kappa shape index (κ1) is 34.6. The van der Waals surface area contributed by atoms with Gasteiger partial charge in [0.05, 0.1) is 16.6 Å². The van der Waals surface area contributed by atoms with Crippen LogP contribution in [0.5, 0.6) is 0 Å². The largest absolute Gasteiger partial charge is 0.313 e. The molecule has 0 bridgehead atoms. The lowest BCUT2D eigenvalue weighted by atomic mass is 9.93. The molecule has 0 saturated heterocycles. The molecule has 0 fully saturated rings. The second kappa shape index (κ2) is 14.3. The van der Waals surface area contributed by atoms with E-state index in [1.165, 1.54) is 94.2 Å². The number of benzene rings is 7. The van der Waals surface area contributed by atoms with Crippen LogP contribution in [0.4, 0.5) is 0 Å². The van der Waals surface area contributed by atoms with E-state index in [2.05, 4.69) is 224 Å². The lowest BCUT2D eigenvalue weighted by molar-refractivity contribution is 0.690. The second-order valence-corrected chi connectivity index (χ2v) is 15.4. The number of aromatic nitrogens is 2. The van der Waals surface area contributed by atoms with E-state index in [0.717, 1.165) is 12.1 Å². The Bertz CT molecular complexity index is 3090. The molecule has 10 rings (SSSR count). The van der Waals surface area contributed by atoms with Gasteiger partial charge in [-0.25, -0.2) is 0 Å². The van der Waals surface area contributed by atoms with Crippen molar-refractivity contribution in [3.63, 3.8) is 0 Å². The van der Waals surface area contributed by atoms with Gasteiger partial charge in [0.25, 0.3) is 0 Å². The summed E-state index contributed by atoms with van der Waals surface area (Å²) in [4.78, 5) is 0. The van der Waals surface area contributed by atoms with Crippen LogP contribution in [0.2, 0.25) is 0 Å². The molecule has 1 aliphatic rings. The smallest absolute Gasteiger partial charge is 0.0541 e. The first-order valence-electron chi connectivity index (χ1n) is 20.1. The maximum absolute atomic E-state index is 2.51. The Labute approximate surface area is 335 Å². The standard InChI is InChI=1S/C55H44N2/c1-4-12-38-14-8-16-40(31-38)42-18-10-20-46(33-42)56-52-23-7-6-22-48(52)50-35-44(25-28-53(50)56)45-26-29-54-51(36-45)49-27-24-37(3)30-55(49)57(54)47-21-11-19-43(34-47)41-17-9-15-39(32-41)13-5-2/h4-29,31-37H,30H2,1-3H3/b12-4+,13-5+. The van der Waals surface area contributed by atoms with Crippen molar-refractivity contribution >= 4 is 50.9 Å². The van der Waals surface area contributed by atoms with Gasteiger partial charge in [0.1, 0.15) is 0 Å². The van der Waals surface area contributed by atoms with Crippen molar-refractivity contribution in [1.29, 1.82) is 0 Å². The number of para-hydroxylation sites is 1. The average molecular weight is 733 g/mol. The Morgan fingerprint density at radius 2 is 0.965 bits per heavy atom. The molecule has 1 aliphatic carbocycles. The Morgan fingerprint density at radius 1 is 0.456 bits per heavy atom. The van der Waals surface area contributed by atoms with Crippen molar-refractivity contribution in [2.45, 2.75) is 27.2 Å². The molecule has 9 aromatic rings. The van der Waals surface area contributed by atoms with Crippen molar-refractivity contribution in [2.24, 2.45) is 5.92 Å². The summed E-state index contributed by atoms with van der Waals surface area (Å²) < 4.78 is 4.93. The van der Waals surface area contributed by atoms with Crippen molar-refractivity contribution < 1.29 is 0 Å². The Kier molecular flexibility index (Phi) is 8.68. The minimum absolute atomic E-state index is 0.476. The van der Waals surface area contributed by atoms with Crippen LogP contribution >= 0.6 is 0 Å². The average Bonchev–Trinajstić information content (AvgIpc) is 3.76. The van der Waals surface area contributed by atoms with Crippen LogP contribution in [0.1, 0.15) is 43.2 Å². The molecule has 7 aromatic carbocycles. The molecule has 0 amide bonds. The zero-order valence-corrected chi connectivity index (χ0v) is 32.7. The van der Waals surface area contributed by atoms with Gasteiger partial charge in [0, 0.05) is 38.8 Å². The van der Waals surface area contributed by atoms with Gasteiger partial charge in [-0.05, 0) is 137 Å². The summed E-state index contributed by atoms with van der Waals surface area (Å²) in [6, 6.07) is 58.4. The molecule has 1 atom stereocenters. The highest BCUT2D eigenvalue weighted by Crippen LogP contribution is 2.40. The summed E-state index contributed by atoms with van der Waals surface area (Å²) in [5.41, 5.74) is 18.5. The Balaban J connectivity index is 1.08. The monoisotopic (exact) mass is 732 g/mol. The summed E-state index contributed by atoms with van der Waals surface area (Å²) in [6.45, 7) is 6.45. The van der Waals surface area contributed by atoms with E-state index in [1.807, 2.05) is 0 Å². The quantitative estimate of drug-likeness (QED) is 0.154. The van der Waals surface area contributed by atoms with Crippen LogP contribution in [-0.4, -0.2) is 9.13 Å². The lowest BCUT2D eigenvalue weighted by Gasteiger charge is -2.18. The van der Waals surface area contributed by atoms with Gasteiger partial charge in [0.2, 0.25) is 0 Å². The predicted molar refractivity (Wildman–Crippen MR) is 245 cm³/mol. The highest BCUT2D eigenvalue weighted by Gasteiger charge is 2.22. The summed E-state index contributed by atoms with van der Waals surface area (Å²) >= 11 is 0. The number of fused-ring (bicyclic) bond motifs is 6. The zero-order chi connectivity index (χ0) is 38.5. The number of hydrogen-bond acceptors (Lipinski definition) is 0. The van der Waals surface area contributed by atoms with E-state index >= 15 is 0 Å². The number of nitrogens with zero attached hydrogens (tertiary/aromatic N) is 2. The van der Waals surface area contributed by atoms with Crippen molar-refractivity contribution in [3.05, 3.63) is 198 Å². The molecular formula is C55H44N2. The maximum Gasteiger partial charge on any atom is 0.0541 e. The van der Waals surface area contributed by atoms with Gasteiger partial charge in [-0.3, -0.25) is 0 Å². The summed E-state index contributed by atoms with van der Waals surface area (Å²) in [6.07, 6.45) is 14.2. The van der Waals surface area contributed by atoms with Crippen LogP contribution < -0.4 is 0 Å². The fraction of sp³-hybridized carbons (Fsp3) is 0.0909. The highest BCUT2D eigenvalue weighted by molar-refractivity contribution is 6.11. The molecular weight excluding hydrogens is 689 g/mol. The first-order chi connectivity index (χ1) is 28.1. The fourth-order valence-corrected chi connectivity index (χ4v) is 8.97. The molecule has 0 aliphatic heterocycles. The van der Waals surface area contributed by atoms with Crippen LogP contribution in [-0.2, 0) is 6.42 Å². The Morgan fingerprint density at radius 3 is 1.60 bits per heavy atom. The van der Waals surface area contributed by atoms with Gasteiger partial charge < -0.3 is 9.13 Å². The van der Waals surface area contributed by atoms with E-state index in [0.29, 0.717) is 5.92 Å². The van der Waals surface area contributed by atoms with E-state index in [4.69, 9.17) is 0 Å². The van der Waals surface area contributed by atoms with Crippen molar-refractivity contribution in [2.75, 3.05) is 0 Å². The Hall–Kier alpha value is -6.90. The van der Waals surface area contributed by atoms with Crippen LogP contribution in [0.3, 0.4) is 0 Å². The van der Waals surface area contributed by atoms with Gasteiger partial charge >= 0.3 is 0 Å². The molecule has 2 heterocycles. The number of rotatable bonds is 7. The van der Waals surface area contributed by atoms with Gasteiger partial charge in [-0.1, -0.05) is 134 Å². The van der Waals surface area contributed by atoms with Crippen LogP contribution in [0.15, 0.2) is 176 Å².